The van der Waals surface area contributed by atoms with Gasteiger partial charge in [0.1, 0.15) is 29.4 Å². The van der Waals surface area contributed by atoms with E-state index in [1.165, 1.54) is 35.1 Å². The first-order chi connectivity index (χ1) is 33.5. The van der Waals surface area contributed by atoms with Crippen LogP contribution in [0, 0.1) is 32.6 Å². The second-order valence-electron chi connectivity index (χ2n) is 20.3. The number of hydrogen-bond donors (Lipinski definition) is 2. The number of pyridine rings is 4. The molecule has 5 aromatic rings. The van der Waals surface area contributed by atoms with E-state index in [1.54, 1.807) is 44.3 Å². The van der Waals surface area contributed by atoms with Gasteiger partial charge in [-0.15, -0.1) is 0 Å². The number of Topliss-reactive ketones (excluding diaryl/α,β-unsaturated/α-hetero) is 2. The molecule has 5 heterocycles. The summed E-state index contributed by atoms with van der Waals surface area (Å²) < 4.78 is 14.3. The van der Waals surface area contributed by atoms with Gasteiger partial charge in [-0.2, -0.15) is 0 Å². The number of anilines is 1. The molecule has 0 saturated carbocycles. The molecule has 1 aromatic carbocycles. The predicted octanol–water partition coefficient (Wildman–Crippen LogP) is 8.55. The average molecular weight is 972 g/mol. The minimum atomic E-state index is -0.694. The smallest absolute Gasteiger partial charge is 0.251 e. The van der Waals surface area contributed by atoms with Gasteiger partial charge in [0, 0.05) is 80.2 Å². The number of rotatable bonds is 19. The summed E-state index contributed by atoms with van der Waals surface area (Å²) in [5.41, 5.74) is 6.13. The Labute approximate surface area is 418 Å². The van der Waals surface area contributed by atoms with E-state index in [9.17, 15) is 28.8 Å². The standard InChI is InChI=1S/C29H35N3O4.C27H38N4O4/c1-18(2)12-25(32-11-10-19(3)13-27(32)34)29(35)31-24(14-21(5)33)22-15-23(17-30-16-22)28-20(4)8-7-9-26(28)36-6;1-18(2)11-24(31-8-7-19(3)12-25(31)33)26(34)29-23(13-20(4)32)21-14-22(16-28-15-21)30-9-10-35-27(5,6)17-30/h7-11,13,15-18,24-25H,12,14H2,1-6H3,(H,31,35);7-8,12,14-16,18,23-24H,9-11,13,17H2,1-6H3,(H,29,34)/t24-,25-;23-,24-/m00/s1. The number of morpholine rings is 1. The molecule has 1 saturated heterocycles. The van der Waals surface area contributed by atoms with E-state index in [2.05, 4.69) is 39.3 Å². The third-order valence-electron chi connectivity index (χ3n) is 12.3. The van der Waals surface area contributed by atoms with Crippen molar-refractivity contribution in [2.45, 2.75) is 132 Å². The van der Waals surface area contributed by atoms with Gasteiger partial charge in [-0.05, 0) is 131 Å². The number of nitrogens with zero attached hydrogens (tertiary/aromatic N) is 5. The van der Waals surface area contributed by atoms with Crippen molar-refractivity contribution in [2.75, 3.05) is 31.7 Å². The molecule has 0 spiro atoms. The van der Waals surface area contributed by atoms with E-state index in [4.69, 9.17) is 9.47 Å². The van der Waals surface area contributed by atoms with Crippen LogP contribution in [0.25, 0.3) is 11.1 Å². The van der Waals surface area contributed by atoms with Crippen LogP contribution in [0.15, 0.2) is 101 Å². The Kier molecular flexibility index (Phi) is 19.3. The van der Waals surface area contributed by atoms with Crippen LogP contribution in [0.2, 0.25) is 0 Å². The van der Waals surface area contributed by atoms with Crippen LogP contribution in [-0.2, 0) is 23.9 Å². The van der Waals surface area contributed by atoms with Crippen molar-refractivity contribution in [2.24, 2.45) is 11.8 Å². The molecule has 15 nitrogen and oxygen atoms in total. The number of methoxy groups -OCH3 is 1. The molecule has 2 N–H and O–H groups in total. The van der Waals surface area contributed by atoms with Crippen molar-refractivity contribution in [3.05, 3.63) is 140 Å². The molecule has 0 unspecified atom stereocenters. The number of carbonyl (C=O) groups is 4. The number of carbonyl (C=O) groups excluding carboxylic acids is 4. The average Bonchev–Trinajstić information content (AvgIpc) is 3.29. The van der Waals surface area contributed by atoms with Crippen molar-refractivity contribution in [3.63, 3.8) is 0 Å². The Bertz CT molecular complexity index is 2780. The molecule has 4 aromatic heterocycles. The zero-order chi connectivity index (χ0) is 52.2. The number of hydrogen-bond acceptors (Lipinski definition) is 11. The zero-order valence-corrected chi connectivity index (χ0v) is 43.6. The number of nitrogens with one attached hydrogen (secondary N) is 2. The van der Waals surface area contributed by atoms with Crippen LogP contribution in [0.4, 0.5) is 5.69 Å². The molecule has 0 aliphatic carbocycles. The lowest BCUT2D eigenvalue weighted by Gasteiger charge is -2.39. The SMILES string of the molecule is CC(=O)C[C@H](NC(=O)[C@H](CC(C)C)n1ccc(C)cc1=O)c1cncc(N2CCOC(C)(C)C2)c1.COc1cccc(C)c1-c1cncc([C@H](CC(C)=O)NC(=O)[C@H](CC(C)C)n2ccc(C)cc2=O)c1. The summed E-state index contributed by atoms with van der Waals surface area (Å²) in [5, 5.41) is 6.10. The van der Waals surface area contributed by atoms with E-state index in [0.717, 1.165) is 51.4 Å². The highest BCUT2D eigenvalue weighted by Crippen LogP contribution is 2.35. The zero-order valence-electron chi connectivity index (χ0n) is 43.6. The third-order valence-corrected chi connectivity index (χ3v) is 12.3. The monoisotopic (exact) mass is 972 g/mol. The minimum absolute atomic E-state index is 0.0406. The molecule has 2 amide bonds. The molecule has 15 heteroatoms. The van der Waals surface area contributed by atoms with Crippen LogP contribution < -0.4 is 31.4 Å². The minimum Gasteiger partial charge on any atom is -0.496 e. The van der Waals surface area contributed by atoms with Crippen molar-refractivity contribution in [1.82, 2.24) is 29.7 Å². The molecule has 1 fully saturated rings. The van der Waals surface area contributed by atoms with Crippen LogP contribution in [0.5, 0.6) is 5.75 Å². The summed E-state index contributed by atoms with van der Waals surface area (Å²) in [6.07, 6.45) is 11.5. The summed E-state index contributed by atoms with van der Waals surface area (Å²) in [7, 11) is 1.62. The van der Waals surface area contributed by atoms with Gasteiger partial charge in [-0.25, -0.2) is 0 Å². The normalized spacial score (nSPS) is 14.9. The van der Waals surface area contributed by atoms with Crippen LogP contribution in [0.3, 0.4) is 0 Å². The lowest BCUT2D eigenvalue weighted by atomic mass is 9.96. The lowest BCUT2D eigenvalue weighted by molar-refractivity contribution is -0.127. The summed E-state index contributed by atoms with van der Waals surface area (Å²) >= 11 is 0. The number of ketones is 2. The summed E-state index contributed by atoms with van der Waals surface area (Å²) in [4.78, 5) is 87.8. The highest BCUT2D eigenvalue weighted by Gasteiger charge is 2.31. The van der Waals surface area contributed by atoms with Crippen LogP contribution in [0.1, 0.15) is 133 Å². The van der Waals surface area contributed by atoms with Gasteiger partial charge in [0.25, 0.3) is 11.1 Å². The van der Waals surface area contributed by atoms with E-state index in [0.29, 0.717) is 31.6 Å². The fraction of sp³-hybridized carbons (Fsp3) is 0.464. The maximum atomic E-state index is 13.6. The number of benzene rings is 1. The van der Waals surface area contributed by atoms with Crippen LogP contribution in [-0.4, -0.2) is 74.9 Å². The van der Waals surface area contributed by atoms with Gasteiger partial charge in [0.15, 0.2) is 0 Å². The highest BCUT2D eigenvalue weighted by molar-refractivity contribution is 5.84. The van der Waals surface area contributed by atoms with E-state index >= 15 is 0 Å². The molecule has 71 heavy (non-hydrogen) atoms. The Hall–Kier alpha value is -6.74. The molecule has 0 radical (unpaired) electrons. The van der Waals surface area contributed by atoms with Gasteiger partial charge < -0.3 is 34.1 Å². The van der Waals surface area contributed by atoms with E-state index in [-0.39, 0.29) is 64.8 Å². The number of ether oxygens (including phenoxy) is 2. The maximum Gasteiger partial charge on any atom is 0.251 e. The first-order valence-corrected chi connectivity index (χ1v) is 24.5. The lowest BCUT2D eigenvalue weighted by Crippen LogP contribution is -2.48. The highest BCUT2D eigenvalue weighted by atomic mass is 16.5. The first-order valence-electron chi connectivity index (χ1n) is 24.5. The summed E-state index contributed by atoms with van der Waals surface area (Å²) in [5.74, 6) is 0.400. The van der Waals surface area contributed by atoms with Crippen molar-refractivity contribution < 1.29 is 28.7 Å². The molecule has 6 rings (SSSR count). The summed E-state index contributed by atoms with van der Waals surface area (Å²) in [6, 6.07) is 13.9. The maximum absolute atomic E-state index is 13.6. The van der Waals surface area contributed by atoms with E-state index < -0.39 is 24.2 Å². The van der Waals surface area contributed by atoms with Gasteiger partial charge >= 0.3 is 0 Å². The molecule has 1 aliphatic rings. The topological polar surface area (TPSA) is 184 Å². The molecule has 0 bridgehead atoms. The van der Waals surface area contributed by atoms with Gasteiger partial charge in [0.05, 0.1) is 43.3 Å². The Balaban J connectivity index is 0.000000264. The molecule has 4 atom stereocenters. The Morgan fingerprint density at radius 2 is 1.23 bits per heavy atom. The molecule has 380 valence electrons. The quantitative estimate of drug-likeness (QED) is 0.0809. The third kappa shape index (κ3) is 15.6. The van der Waals surface area contributed by atoms with Crippen molar-refractivity contribution in [1.29, 1.82) is 0 Å². The van der Waals surface area contributed by atoms with Crippen molar-refractivity contribution >= 4 is 29.1 Å². The largest absolute Gasteiger partial charge is 0.496 e. The number of amides is 2. The fourth-order valence-corrected chi connectivity index (χ4v) is 8.91. The summed E-state index contributed by atoms with van der Waals surface area (Å²) in [6.45, 7) is 22.9. The molecular formula is C56H73N7O8. The van der Waals surface area contributed by atoms with E-state index in [1.807, 2.05) is 90.9 Å². The molecule has 1 aliphatic heterocycles. The Morgan fingerprint density at radius 3 is 1.69 bits per heavy atom. The Morgan fingerprint density at radius 1 is 0.718 bits per heavy atom. The van der Waals surface area contributed by atoms with Gasteiger partial charge in [-0.3, -0.25) is 38.7 Å². The van der Waals surface area contributed by atoms with Gasteiger partial charge in [-0.1, -0.05) is 39.8 Å². The fourth-order valence-electron chi connectivity index (χ4n) is 8.91. The number of aryl methyl sites for hydroxylation is 3. The second kappa shape index (κ2) is 24.9. The van der Waals surface area contributed by atoms with Gasteiger partial charge in [0.2, 0.25) is 11.8 Å². The first kappa shape index (κ1) is 55.2. The van der Waals surface area contributed by atoms with Crippen LogP contribution >= 0.6 is 0 Å². The number of aromatic nitrogens is 4. The second-order valence-corrected chi connectivity index (χ2v) is 20.3. The van der Waals surface area contributed by atoms with Crippen molar-refractivity contribution in [3.8, 4) is 16.9 Å². The molecular weight excluding hydrogens is 899 g/mol. The predicted molar refractivity (Wildman–Crippen MR) is 278 cm³/mol.